The number of carbonyl (C=O) groups is 1. The normalized spacial score (nSPS) is 10.4. The Labute approximate surface area is 126 Å². The lowest BCUT2D eigenvalue weighted by Crippen LogP contribution is -2.02. The summed E-state index contributed by atoms with van der Waals surface area (Å²) < 4.78 is 4.70. The predicted octanol–water partition coefficient (Wildman–Crippen LogP) is 2.87. The third-order valence-electron chi connectivity index (χ3n) is 3.19. The molecule has 22 heavy (non-hydrogen) atoms. The number of fused-ring (bicyclic) bond motifs is 1. The maximum atomic E-state index is 11.6. The Bertz CT molecular complexity index is 832. The van der Waals surface area contributed by atoms with E-state index in [1.54, 1.807) is 42.5 Å². The van der Waals surface area contributed by atoms with Crippen molar-refractivity contribution < 1.29 is 14.6 Å². The molecule has 110 valence electrons. The molecule has 3 rings (SSSR count). The molecule has 0 saturated carbocycles. The number of phenols is 1. The zero-order valence-electron chi connectivity index (χ0n) is 11.8. The summed E-state index contributed by atoms with van der Waals surface area (Å²) >= 11 is 0. The number of benzene rings is 2. The summed E-state index contributed by atoms with van der Waals surface area (Å²) in [6, 6.07) is 11.7. The summed E-state index contributed by atoms with van der Waals surface area (Å²) in [4.78, 5) is 20.0. The number of hydrogen-bond donors (Lipinski definition) is 2. The van der Waals surface area contributed by atoms with Gasteiger partial charge in [-0.1, -0.05) is 0 Å². The lowest BCUT2D eigenvalue weighted by Gasteiger charge is -2.09. The number of methoxy groups -OCH3 is 1. The fourth-order valence-electron chi connectivity index (χ4n) is 2.08. The van der Waals surface area contributed by atoms with Crippen molar-refractivity contribution in [2.75, 3.05) is 12.4 Å². The van der Waals surface area contributed by atoms with Crippen LogP contribution >= 0.6 is 0 Å². The molecule has 0 atom stereocenters. The van der Waals surface area contributed by atoms with Gasteiger partial charge in [-0.15, -0.1) is 0 Å². The summed E-state index contributed by atoms with van der Waals surface area (Å²) in [7, 11) is 1.34. The van der Waals surface area contributed by atoms with Gasteiger partial charge in [-0.25, -0.2) is 14.8 Å². The number of hydrogen-bond acceptors (Lipinski definition) is 6. The smallest absolute Gasteiger partial charge is 0.337 e. The first-order valence-electron chi connectivity index (χ1n) is 6.56. The van der Waals surface area contributed by atoms with Gasteiger partial charge in [-0.2, -0.15) is 0 Å². The van der Waals surface area contributed by atoms with Crippen LogP contribution in [-0.2, 0) is 4.74 Å². The van der Waals surface area contributed by atoms with E-state index >= 15 is 0 Å². The van der Waals surface area contributed by atoms with Crippen LogP contribution in [0.4, 0.5) is 11.5 Å². The van der Waals surface area contributed by atoms with Crippen molar-refractivity contribution in [1.29, 1.82) is 0 Å². The number of aromatic hydroxyl groups is 1. The Morgan fingerprint density at radius 3 is 2.64 bits per heavy atom. The molecule has 6 nitrogen and oxygen atoms in total. The van der Waals surface area contributed by atoms with E-state index in [4.69, 9.17) is 4.74 Å². The molecule has 3 aromatic rings. The van der Waals surface area contributed by atoms with Gasteiger partial charge < -0.3 is 15.2 Å². The molecule has 0 bridgehead atoms. The van der Waals surface area contributed by atoms with Crippen LogP contribution in [0.15, 0.2) is 48.8 Å². The summed E-state index contributed by atoms with van der Waals surface area (Å²) in [5, 5.41) is 13.2. The Kier molecular flexibility index (Phi) is 3.57. The quantitative estimate of drug-likeness (QED) is 0.571. The molecular weight excluding hydrogens is 282 g/mol. The number of aromatic nitrogens is 2. The standard InChI is InChI=1S/C16H13N3O3/c1-22-16(21)10-2-7-13-14(8-10)17-9-18-15(13)19-11-3-5-12(20)6-4-11/h2-9,20H,1H3,(H,17,18,19). The first-order chi connectivity index (χ1) is 10.7. The van der Waals surface area contributed by atoms with E-state index in [1.165, 1.54) is 13.4 Å². The molecule has 0 aliphatic rings. The lowest BCUT2D eigenvalue weighted by atomic mass is 10.1. The molecule has 0 spiro atoms. The zero-order valence-corrected chi connectivity index (χ0v) is 11.8. The van der Waals surface area contributed by atoms with E-state index in [1.807, 2.05) is 0 Å². The van der Waals surface area contributed by atoms with Gasteiger partial charge in [0.05, 0.1) is 18.2 Å². The van der Waals surface area contributed by atoms with Gasteiger partial charge >= 0.3 is 5.97 Å². The fourth-order valence-corrected chi connectivity index (χ4v) is 2.08. The lowest BCUT2D eigenvalue weighted by molar-refractivity contribution is 0.0601. The minimum Gasteiger partial charge on any atom is -0.508 e. The molecule has 0 unspecified atom stereocenters. The summed E-state index contributed by atoms with van der Waals surface area (Å²) in [5.74, 6) is 0.404. The molecule has 0 fully saturated rings. The monoisotopic (exact) mass is 295 g/mol. The number of phenolic OH excluding ortho intramolecular Hbond substituents is 1. The molecule has 0 saturated heterocycles. The van der Waals surface area contributed by atoms with Gasteiger partial charge in [0.15, 0.2) is 0 Å². The molecule has 0 aliphatic heterocycles. The number of nitrogens with zero attached hydrogens (tertiary/aromatic N) is 2. The highest BCUT2D eigenvalue weighted by Gasteiger charge is 2.09. The van der Waals surface area contributed by atoms with Crippen LogP contribution in [0.2, 0.25) is 0 Å². The highest BCUT2D eigenvalue weighted by Crippen LogP contribution is 2.24. The summed E-state index contributed by atoms with van der Waals surface area (Å²) in [5.41, 5.74) is 1.86. The topological polar surface area (TPSA) is 84.3 Å². The minimum absolute atomic E-state index is 0.195. The number of nitrogens with one attached hydrogen (secondary N) is 1. The van der Waals surface area contributed by atoms with Crippen LogP contribution in [0.3, 0.4) is 0 Å². The molecule has 2 N–H and O–H groups in total. The number of anilines is 2. The first-order valence-corrected chi connectivity index (χ1v) is 6.56. The van der Waals surface area contributed by atoms with Crippen LogP contribution in [0.5, 0.6) is 5.75 Å². The van der Waals surface area contributed by atoms with Gasteiger partial charge in [0.2, 0.25) is 0 Å². The van der Waals surface area contributed by atoms with Gasteiger partial charge in [0.25, 0.3) is 0 Å². The van der Waals surface area contributed by atoms with Crippen LogP contribution in [0, 0.1) is 0 Å². The predicted molar refractivity (Wildman–Crippen MR) is 82.3 cm³/mol. The molecule has 1 heterocycles. The third kappa shape index (κ3) is 2.67. The SMILES string of the molecule is COC(=O)c1ccc2c(Nc3ccc(O)cc3)ncnc2c1. The van der Waals surface area contributed by atoms with Gasteiger partial charge in [-0.3, -0.25) is 0 Å². The number of esters is 1. The maximum absolute atomic E-state index is 11.6. The maximum Gasteiger partial charge on any atom is 0.337 e. The van der Waals surface area contributed by atoms with E-state index in [-0.39, 0.29) is 5.75 Å². The van der Waals surface area contributed by atoms with Crippen molar-refractivity contribution in [3.63, 3.8) is 0 Å². The van der Waals surface area contributed by atoms with Gasteiger partial charge in [0, 0.05) is 11.1 Å². The second-order valence-electron chi connectivity index (χ2n) is 4.62. The molecule has 2 aromatic carbocycles. The Morgan fingerprint density at radius 2 is 1.91 bits per heavy atom. The summed E-state index contributed by atoms with van der Waals surface area (Å²) in [6.45, 7) is 0. The molecule has 0 aliphatic carbocycles. The van der Waals surface area contributed by atoms with Crippen molar-refractivity contribution in [3.8, 4) is 5.75 Å². The second kappa shape index (κ2) is 5.69. The molecule has 0 amide bonds. The Balaban J connectivity index is 1.99. The zero-order chi connectivity index (χ0) is 15.5. The molecule has 6 heteroatoms. The molecule has 0 radical (unpaired) electrons. The molecular formula is C16H13N3O3. The van der Waals surface area contributed by atoms with Crippen molar-refractivity contribution in [2.24, 2.45) is 0 Å². The van der Waals surface area contributed by atoms with Crippen LogP contribution in [0.1, 0.15) is 10.4 Å². The first kappa shape index (κ1) is 13.8. The minimum atomic E-state index is -0.409. The van der Waals surface area contributed by atoms with E-state index < -0.39 is 5.97 Å². The summed E-state index contributed by atoms with van der Waals surface area (Å²) in [6.07, 6.45) is 1.42. The van der Waals surface area contributed by atoms with Gasteiger partial charge in [-0.05, 0) is 42.5 Å². The number of carbonyl (C=O) groups excluding carboxylic acids is 1. The van der Waals surface area contributed by atoms with Crippen molar-refractivity contribution in [2.45, 2.75) is 0 Å². The highest BCUT2D eigenvalue weighted by atomic mass is 16.5. The highest BCUT2D eigenvalue weighted by molar-refractivity contribution is 5.97. The van der Waals surface area contributed by atoms with Crippen molar-refractivity contribution >= 4 is 28.4 Å². The Morgan fingerprint density at radius 1 is 1.14 bits per heavy atom. The second-order valence-corrected chi connectivity index (χ2v) is 4.62. The van der Waals surface area contributed by atoms with E-state index in [2.05, 4.69) is 15.3 Å². The molecule has 1 aromatic heterocycles. The third-order valence-corrected chi connectivity index (χ3v) is 3.19. The van der Waals surface area contributed by atoms with Crippen molar-refractivity contribution in [3.05, 3.63) is 54.4 Å². The van der Waals surface area contributed by atoms with E-state index in [0.29, 0.717) is 16.9 Å². The van der Waals surface area contributed by atoms with Gasteiger partial charge in [0.1, 0.15) is 17.9 Å². The number of rotatable bonds is 3. The van der Waals surface area contributed by atoms with Crippen molar-refractivity contribution in [1.82, 2.24) is 9.97 Å². The fraction of sp³-hybridized carbons (Fsp3) is 0.0625. The average molecular weight is 295 g/mol. The van der Waals surface area contributed by atoms with E-state index in [9.17, 15) is 9.90 Å². The average Bonchev–Trinajstić information content (AvgIpc) is 2.56. The van der Waals surface area contributed by atoms with Crippen LogP contribution in [0.25, 0.3) is 10.9 Å². The Hall–Kier alpha value is -3.15. The number of ether oxygens (including phenoxy) is 1. The van der Waals surface area contributed by atoms with Crippen LogP contribution in [-0.4, -0.2) is 28.2 Å². The van der Waals surface area contributed by atoms with E-state index in [0.717, 1.165) is 11.1 Å². The van der Waals surface area contributed by atoms with Crippen LogP contribution < -0.4 is 5.32 Å². The largest absolute Gasteiger partial charge is 0.508 e.